The maximum absolute atomic E-state index is 13.1. The fourth-order valence-corrected chi connectivity index (χ4v) is 3.59. The summed E-state index contributed by atoms with van der Waals surface area (Å²) in [6.45, 7) is 1.61. The molecule has 1 aliphatic rings. The van der Waals surface area contributed by atoms with Crippen LogP contribution in [0.2, 0.25) is 0 Å². The highest BCUT2D eigenvalue weighted by Crippen LogP contribution is 2.36. The van der Waals surface area contributed by atoms with Gasteiger partial charge in [0.1, 0.15) is 4.88 Å². The summed E-state index contributed by atoms with van der Waals surface area (Å²) in [5.41, 5.74) is 2.25. The van der Waals surface area contributed by atoms with Gasteiger partial charge in [0.15, 0.2) is 0 Å². The van der Waals surface area contributed by atoms with Gasteiger partial charge in [-0.25, -0.2) is 8.78 Å². The molecular weight excluding hydrogens is 330 g/mol. The summed E-state index contributed by atoms with van der Waals surface area (Å²) in [5, 5.41) is 2.79. The topological polar surface area (TPSA) is 32.3 Å². The molecule has 0 atom stereocenters. The number of benzene rings is 1. The lowest BCUT2D eigenvalue weighted by molar-refractivity contribution is 0.103. The second kappa shape index (κ2) is 7.23. The predicted octanol–water partition coefficient (Wildman–Crippen LogP) is 4.66. The zero-order valence-electron chi connectivity index (χ0n) is 13.3. The van der Waals surface area contributed by atoms with Crippen LogP contribution in [-0.4, -0.2) is 30.9 Å². The molecule has 6 heteroatoms. The van der Waals surface area contributed by atoms with Gasteiger partial charge in [-0.1, -0.05) is 24.3 Å². The molecule has 2 heterocycles. The molecule has 3 rings (SSSR count). The number of anilines is 1. The van der Waals surface area contributed by atoms with E-state index in [0.29, 0.717) is 16.1 Å². The number of nitrogens with one attached hydrogen (secondary N) is 1. The molecule has 0 saturated carbocycles. The monoisotopic (exact) mass is 348 g/mol. The van der Waals surface area contributed by atoms with E-state index in [2.05, 4.69) is 10.2 Å². The Hall–Kier alpha value is -2.05. The Balaban J connectivity index is 1.92. The molecule has 1 amide bonds. The minimum Gasteiger partial charge on any atom is -0.321 e. The number of para-hydroxylation sites is 1. The van der Waals surface area contributed by atoms with E-state index in [4.69, 9.17) is 0 Å². The van der Waals surface area contributed by atoms with E-state index in [1.54, 1.807) is 12.1 Å². The number of rotatable bonds is 4. The fourth-order valence-electron chi connectivity index (χ4n) is 2.65. The molecule has 1 N–H and O–H groups in total. The van der Waals surface area contributed by atoms with Gasteiger partial charge in [0.2, 0.25) is 0 Å². The Morgan fingerprint density at radius 2 is 2.04 bits per heavy atom. The van der Waals surface area contributed by atoms with Gasteiger partial charge in [-0.2, -0.15) is 0 Å². The van der Waals surface area contributed by atoms with E-state index in [9.17, 15) is 13.6 Å². The molecule has 1 aromatic carbocycles. The molecule has 0 bridgehead atoms. The second-order valence-corrected chi connectivity index (χ2v) is 6.84. The van der Waals surface area contributed by atoms with Crippen LogP contribution >= 0.6 is 11.3 Å². The zero-order valence-corrected chi connectivity index (χ0v) is 14.1. The summed E-state index contributed by atoms with van der Waals surface area (Å²) in [5.74, 6) is -0.340. The van der Waals surface area contributed by atoms with E-state index in [-0.39, 0.29) is 10.8 Å². The average Bonchev–Trinajstić information content (AvgIpc) is 3.02. The quantitative estimate of drug-likeness (QED) is 0.872. The third-order valence-corrected chi connectivity index (χ3v) is 5.10. The van der Waals surface area contributed by atoms with Gasteiger partial charge >= 0.3 is 0 Å². The smallest absolute Gasteiger partial charge is 0.272 e. The molecule has 24 heavy (non-hydrogen) atoms. The number of thiophene rings is 1. The Labute approximate surface area is 143 Å². The molecule has 1 aliphatic heterocycles. The van der Waals surface area contributed by atoms with Gasteiger partial charge in [0.25, 0.3) is 12.3 Å². The predicted molar refractivity (Wildman–Crippen MR) is 93.8 cm³/mol. The normalized spacial score (nSPS) is 15.4. The maximum Gasteiger partial charge on any atom is 0.272 e. The van der Waals surface area contributed by atoms with Crippen molar-refractivity contribution in [1.29, 1.82) is 0 Å². The molecule has 0 radical (unpaired) electrons. The van der Waals surface area contributed by atoms with Crippen LogP contribution in [-0.2, 0) is 0 Å². The molecule has 0 saturated heterocycles. The second-order valence-electron chi connectivity index (χ2n) is 5.75. The Kier molecular flexibility index (Phi) is 5.06. The van der Waals surface area contributed by atoms with Crippen LogP contribution < -0.4 is 5.32 Å². The van der Waals surface area contributed by atoms with Gasteiger partial charge in [-0.3, -0.25) is 4.79 Å². The largest absolute Gasteiger partial charge is 0.321 e. The first-order valence-electron chi connectivity index (χ1n) is 7.71. The van der Waals surface area contributed by atoms with Crippen LogP contribution in [0.5, 0.6) is 0 Å². The lowest BCUT2D eigenvalue weighted by atomic mass is 9.99. The molecule has 0 fully saturated rings. The van der Waals surface area contributed by atoms with Crippen molar-refractivity contribution in [2.75, 3.05) is 25.5 Å². The number of carbonyl (C=O) groups excluding carboxylic acids is 1. The van der Waals surface area contributed by atoms with Crippen LogP contribution in [0.3, 0.4) is 0 Å². The van der Waals surface area contributed by atoms with E-state index in [1.165, 1.54) is 6.07 Å². The first kappa shape index (κ1) is 16.8. The molecular formula is C18H18F2N2OS. The van der Waals surface area contributed by atoms with Crippen LogP contribution in [0.25, 0.3) is 5.57 Å². The average molecular weight is 348 g/mol. The minimum absolute atomic E-state index is 0.0666. The lowest BCUT2D eigenvalue weighted by Crippen LogP contribution is -2.24. The van der Waals surface area contributed by atoms with Crippen molar-refractivity contribution in [3.05, 3.63) is 57.8 Å². The number of amides is 1. The fraction of sp³-hybridized carbons (Fsp3) is 0.278. The summed E-state index contributed by atoms with van der Waals surface area (Å²) in [4.78, 5) is 15.0. The zero-order chi connectivity index (χ0) is 17.1. The Morgan fingerprint density at radius 3 is 2.67 bits per heavy atom. The summed E-state index contributed by atoms with van der Waals surface area (Å²) in [6.07, 6.45) is 0.195. The first-order chi connectivity index (χ1) is 11.5. The van der Waals surface area contributed by atoms with Crippen LogP contribution in [0.15, 0.2) is 42.5 Å². The molecule has 126 valence electrons. The highest BCUT2D eigenvalue weighted by molar-refractivity contribution is 7.14. The van der Waals surface area contributed by atoms with Gasteiger partial charge < -0.3 is 10.2 Å². The summed E-state index contributed by atoms with van der Waals surface area (Å²) in [6, 6.07) is 10.5. The van der Waals surface area contributed by atoms with Gasteiger partial charge in [-0.05, 0) is 37.2 Å². The van der Waals surface area contributed by atoms with Crippen molar-refractivity contribution in [2.24, 2.45) is 0 Å². The van der Waals surface area contributed by atoms with E-state index in [1.807, 2.05) is 31.3 Å². The number of halogens is 2. The molecule has 0 spiro atoms. The summed E-state index contributed by atoms with van der Waals surface area (Å²) >= 11 is 0.873. The molecule has 0 unspecified atom stereocenters. The van der Waals surface area contributed by atoms with E-state index in [0.717, 1.165) is 36.4 Å². The van der Waals surface area contributed by atoms with Crippen molar-refractivity contribution in [3.63, 3.8) is 0 Å². The van der Waals surface area contributed by atoms with E-state index >= 15 is 0 Å². The number of hydrogen-bond donors (Lipinski definition) is 1. The van der Waals surface area contributed by atoms with Gasteiger partial charge in [0, 0.05) is 24.3 Å². The van der Waals surface area contributed by atoms with Gasteiger partial charge in [-0.15, -0.1) is 11.3 Å². The number of carbonyl (C=O) groups is 1. The third-order valence-electron chi connectivity index (χ3n) is 3.96. The van der Waals surface area contributed by atoms with Crippen LogP contribution in [0, 0.1) is 0 Å². The SMILES string of the molecule is CN1CC=C(c2cc(C(F)F)sc2C(=O)Nc2ccccc2)CC1. The van der Waals surface area contributed by atoms with Crippen molar-refractivity contribution >= 4 is 28.5 Å². The minimum atomic E-state index is -2.57. The lowest BCUT2D eigenvalue weighted by Gasteiger charge is -2.22. The highest BCUT2D eigenvalue weighted by atomic mass is 32.1. The standard InChI is InChI=1S/C18H18F2N2OS/c1-22-9-7-12(8-10-22)14-11-15(17(19)20)24-16(14)18(23)21-13-5-3-2-4-6-13/h2-7,11,17H,8-10H2,1H3,(H,21,23). The number of hydrogen-bond acceptors (Lipinski definition) is 3. The Morgan fingerprint density at radius 1 is 1.29 bits per heavy atom. The molecule has 3 nitrogen and oxygen atoms in total. The van der Waals surface area contributed by atoms with Crippen LogP contribution in [0.4, 0.5) is 14.5 Å². The summed E-state index contributed by atoms with van der Waals surface area (Å²) in [7, 11) is 2.01. The van der Waals surface area contributed by atoms with Crippen molar-refractivity contribution in [2.45, 2.75) is 12.8 Å². The molecule has 0 aliphatic carbocycles. The van der Waals surface area contributed by atoms with Crippen LogP contribution in [0.1, 0.15) is 33.0 Å². The highest BCUT2D eigenvalue weighted by Gasteiger charge is 2.23. The van der Waals surface area contributed by atoms with Crippen molar-refractivity contribution in [1.82, 2.24) is 4.90 Å². The number of likely N-dealkylation sites (N-methyl/N-ethyl adjacent to an activating group) is 1. The van der Waals surface area contributed by atoms with Crippen molar-refractivity contribution in [3.8, 4) is 0 Å². The number of alkyl halides is 2. The molecule has 1 aromatic heterocycles. The van der Waals surface area contributed by atoms with Gasteiger partial charge in [0.05, 0.1) is 4.88 Å². The molecule has 2 aromatic rings. The summed E-state index contributed by atoms with van der Waals surface area (Å²) < 4.78 is 26.3. The van der Waals surface area contributed by atoms with Crippen molar-refractivity contribution < 1.29 is 13.6 Å². The third kappa shape index (κ3) is 3.71. The maximum atomic E-state index is 13.1. The number of nitrogens with zero attached hydrogens (tertiary/aromatic N) is 1. The Bertz CT molecular complexity index is 756. The van der Waals surface area contributed by atoms with E-state index < -0.39 is 6.43 Å². The first-order valence-corrected chi connectivity index (χ1v) is 8.52.